The highest BCUT2D eigenvalue weighted by Gasteiger charge is 2.58. The van der Waals surface area contributed by atoms with Crippen molar-refractivity contribution in [2.24, 2.45) is 23.2 Å². The molecular formula is C27H34O6. The lowest BCUT2D eigenvalue weighted by Gasteiger charge is -2.57. The van der Waals surface area contributed by atoms with Gasteiger partial charge in [0.25, 0.3) is 0 Å². The number of hydrogen-bond donors (Lipinski definition) is 2. The van der Waals surface area contributed by atoms with E-state index in [1.807, 2.05) is 0 Å². The highest BCUT2D eigenvalue weighted by Crippen LogP contribution is 2.65. The lowest BCUT2D eigenvalue weighted by molar-refractivity contribution is -0.0166. The summed E-state index contributed by atoms with van der Waals surface area (Å²) in [4.78, 5) is 25.3. The Labute approximate surface area is 195 Å². The van der Waals surface area contributed by atoms with Gasteiger partial charge in [-0.05, 0) is 85.2 Å². The molecule has 0 heterocycles. The van der Waals surface area contributed by atoms with E-state index in [1.165, 1.54) is 25.9 Å². The molecule has 0 amide bonds. The van der Waals surface area contributed by atoms with Crippen molar-refractivity contribution in [3.8, 4) is 5.75 Å². The molecule has 2 saturated carbocycles. The van der Waals surface area contributed by atoms with E-state index >= 15 is 0 Å². The number of aromatic hydroxyl groups is 1. The summed E-state index contributed by atoms with van der Waals surface area (Å²) in [5.41, 5.74) is 3.10. The van der Waals surface area contributed by atoms with Crippen LogP contribution in [0.3, 0.4) is 0 Å². The van der Waals surface area contributed by atoms with Crippen LogP contribution in [0, 0.1) is 23.2 Å². The van der Waals surface area contributed by atoms with Crippen molar-refractivity contribution < 1.29 is 29.3 Å². The van der Waals surface area contributed by atoms with Gasteiger partial charge in [0.05, 0.1) is 31.5 Å². The van der Waals surface area contributed by atoms with Crippen LogP contribution < -0.4 is 0 Å². The Balaban J connectivity index is 1.62. The molecule has 5 rings (SSSR count). The average Bonchev–Trinajstić information content (AvgIpc) is 3.12. The van der Waals surface area contributed by atoms with Gasteiger partial charge in [-0.1, -0.05) is 25.5 Å². The zero-order valence-corrected chi connectivity index (χ0v) is 19.9. The number of aliphatic hydroxyl groups is 1. The summed E-state index contributed by atoms with van der Waals surface area (Å²) in [6.07, 6.45) is 8.30. The second kappa shape index (κ2) is 7.59. The Morgan fingerprint density at radius 2 is 1.70 bits per heavy atom. The molecule has 0 spiro atoms. The van der Waals surface area contributed by atoms with Crippen LogP contribution in [-0.2, 0) is 21.3 Å². The molecule has 4 aliphatic rings. The highest BCUT2D eigenvalue weighted by molar-refractivity contribution is 6.05. The highest BCUT2D eigenvalue weighted by atomic mass is 16.5. The van der Waals surface area contributed by atoms with Crippen LogP contribution in [0.25, 0.3) is 0 Å². The van der Waals surface area contributed by atoms with E-state index in [-0.39, 0.29) is 39.7 Å². The van der Waals surface area contributed by atoms with Gasteiger partial charge < -0.3 is 19.7 Å². The summed E-state index contributed by atoms with van der Waals surface area (Å²) < 4.78 is 9.98. The molecule has 6 nitrogen and oxygen atoms in total. The number of hydrogen-bond acceptors (Lipinski definition) is 6. The lowest BCUT2D eigenvalue weighted by atomic mass is 9.47. The molecule has 2 N–H and O–H groups in total. The maximum absolute atomic E-state index is 12.8. The molecule has 0 radical (unpaired) electrons. The molecule has 6 heteroatoms. The van der Waals surface area contributed by atoms with E-state index in [1.54, 1.807) is 0 Å². The number of carbonyl (C=O) groups is 2. The fourth-order valence-electron chi connectivity index (χ4n) is 8.04. The van der Waals surface area contributed by atoms with Crippen molar-refractivity contribution in [2.45, 2.75) is 70.3 Å². The molecule has 0 saturated heterocycles. The summed E-state index contributed by atoms with van der Waals surface area (Å²) in [5, 5.41) is 21.3. The van der Waals surface area contributed by atoms with Crippen LogP contribution in [0.15, 0.2) is 17.7 Å². The fourth-order valence-corrected chi connectivity index (χ4v) is 8.04. The smallest absolute Gasteiger partial charge is 0.339 e. The average molecular weight is 455 g/mol. The third-order valence-electron chi connectivity index (χ3n) is 9.67. The summed E-state index contributed by atoms with van der Waals surface area (Å²) in [6.45, 7) is 4.59. The number of esters is 2. The number of phenols is 1. The fraction of sp³-hybridized carbons (Fsp3) is 0.630. The number of carbonyl (C=O) groups excluding carboxylic acids is 2. The van der Waals surface area contributed by atoms with Gasteiger partial charge in [0.2, 0.25) is 0 Å². The van der Waals surface area contributed by atoms with Crippen molar-refractivity contribution in [2.75, 3.05) is 14.2 Å². The minimum atomic E-state index is -0.648. The van der Waals surface area contributed by atoms with Crippen LogP contribution in [-0.4, -0.2) is 42.5 Å². The molecule has 0 bridgehead atoms. The topological polar surface area (TPSA) is 93.1 Å². The zero-order valence-electron chi connectivity index (χ0n) is 19.9. The molecule has 1 aromatic carbocycles. The van der Waals surface area contributed by atoms with E-state index in [0.717, 1.165) is 49.7 Å². The van der Waals surface area contributed by atoms with Crippen molar-refractivity contribution >= 4 is 11.9 Å². The predicted molar refractivity (Wildman–Crippen MR) is 122 cm³/mol. The van der Waals surface area contributed by atoms with E-state index in [2.05, 4.69) is 19.9 Å². The van der Waals surface area contributed by atoms with Gasteiger partial charge in [-0.25, -0.2) is 9.59 Å². The van der Waals surface area contributed by atoms with E-state index in [9.17, 15) is 19.8 Å². The third kappa shape index (κ3) is 3.02. The minimum Gasteiger partial charge on any atom is -0.508 e. The van der Waals surface area contributed by atoms with E-state index < -0.39 is 11.9 Å². The first-order valence-corrected chi connectivity index (χ1v) is 12.1. The number of aliphatic hydroxyl groups excluding tert-OH is 1. The van der Waals surface area contributed by atoms with Gasteiger partial charge in [0.1, 0.15) is 5.75 Å². The number of fused-ring (bicyclic) bond motifs is 7. The van der Waals surface area contributed by atoms with Crippen LogP contribution in [0.4, 0.5) is 0 Å². The Kier molecular flexibility index (Phi) is 5.16. The molecule has 1 aromatic rings. The summed E-state index contributed by atoms with van der Waals surface area (Å²) in [7, 11) is 2.58. The first-order chi connectivity index (χ1) is 15.7. The Hall–Kier alpha value is -2.34. The molecule has 0 unspecified atom stereocenters. The molecule has 0 aromatic heterocycles. The molecule has 4 aliphatic carbocycles. The molecule has 33 heavy (non-hydrogen) atoms. The van der Waals surface area contributed by atoms with Gasteiger partial charge in [-0.15, -0.1) is 0 Å². The van der Waals surface area contributed by atoms with Crippen molar-refractivity contribution in [1.29, 1.82) is 0 Å². The predicted octanol–water partition coefficient (Wildman–Crippen LogP) is 4.30. The van der Waals surface area contributed by atoms with Gasteiger partial charge >= 0.3 is 11.9 Å². The number of ether oxygens (including phenoxy) is 2. The molecular weight excluding hydrogens is 420 g/mol. The van der Waals surface area contributed by atoms with Gasteiger partial charge in [0, 0.05) is 5.56 Å². The Bertz CT molecular complexity index is 1060. The minimum absolute atomic E-state index is 0.0680. The number of benzene rings is 1. The number of allylic oxidation sites excluding steroid dienone is 1. The summed E-state index contributed by atoms with van der Waals surface area (Å²) in [6, 6.07) is 1.39. The largest absolute Gasteiger partial charge is 0.508 e. The molecule has 2 fully saturated rings. The Morgan fingerprint density at radius 3 is 2.39 bits per heavy atom. The second-order valence-electron chi connectivity index (χ2n) is 11.0. The maximum atomic E-state index is 12.8. The molecule has 178 valence electrons. The number of rotatable bonds is 2. The number of methoxy groups -OCH3 is 2. The monoisotopic (exact) mass is 454 g/mol. The lowest BCUT2D eigenvalue weighted by Crippen LogP contribution is -2.51. The molecule has 6 atom stereocenters. The third-order valence-corrected chi connectivity index (χ3v) is 9.67. The van der Waals surface area contributed by atoms with Crippen molar-refractivity contribution in [3.63, 3.8) is 0 Å². The van der Waals surface area contributed by atoms with Crippen LogP contribution in [0.1, 0.15) is 84.2 Å². The maximum Gasteiger partial charge on any atom is 0.339 e. The summed E-state index contributed by atoms with van der Waals surface area (Å²) in [5.74, 6) is 0.0534. The Morgan fingerprint density at radius 1 is 1.00 bits per heavy atom. The normalized spacial score (nSPS) is 36.6. The van der Waals surface area contributed by atoms with Crippen LogP contribution in [0.5, 0.6) is 5.75 Å². The SMILES string of the molecule is COC(=O)c1cc(O)c2c(c1C(=O)OC)C[C@H]1[C@H]3CC=C4C[C@@H](O)CC[C@]4(C)[C@@H]3CC[C@@]21C. The van der Waals surface area contributed by atoms with Crippen LogP contribution in [0.2, 0.25) is 0 Å². The number of phenolic OH excluding ortho intramolecular Hbond substituents is 1. The first-order valence-electron chi connectivity index (χ1n) is 12.1. The van der Waals surface area contributed by atoms with Crippen molar-refractivity contribution in [3.05, 3.63) is 40.0 Å². The molecule has 0 aliphatic heterocycles. The standard InChI is InChI=1S/C27H34O6/c1-26-9-7-15(28)11-14(26)5-6-16-19(26)8-10-27(2)20(16)12-17-22(25(31)33-4)18(24(30)32-3)13-21(29)23(17)27/h5,13,15-16,19-20,28-29H,6-12H2,1-4H3/t15-,16-,19+,20-,26-,27+/m0/s1. The van der Waals surface area contributed by atoms with Gasteiger partial charge in [-0.2, -0.15) is 0 Å². The first kappa shape index (κ1) is 22.5. The second-order valence-corrected chi connectivity index (χ2v) is 11.0. The summed E-state index contributed by atoms with van der Waals surface area (Å²) >= 11 is 0. The van der Waals surface area contributed by atoms with E-state index in [0.29, 0.717) is 18.3 Å². The van der Waals surface area contributed by atoms with Crippen molar-refractivity contribution in [1.82, 2.24) is 0 Å². The van der Waals surface area contributed by atoms with Gasteiger partial charge in [-0.3, -0.25) is 0 Å². The van der Waals surface area contributed by atoms with E-state index in [4.69, 9.17) is 9.47 Å². The quantitative estimate of drug-likeness (QED) is 0.511. The zero-order chi connectivity index (χ0) is 23.7. The van der Waals surface area contributed by atoms with Gasteiger partial charge in [0.15, 0.2) is 0 Å². The van der Waals surface area contributed by atoms with Crippen LogP contribution >= 0.6 is 0 Å².